The summed E-state index contributed by atoms with van der Waals surface area (Å²) in [5, 5.41) is 4.22. The van der Waals surface area contributed by atoms with Gasteiger partial charge in [-0.3, -0.25) is 9.78 Å². The Labute approximate surface area is 186 Å². The van der Waals surface area contributed by atoms with Crippen molar-refractivity contribution in [1.82, 2.24) is 14.9 Å². The zero-order chi connectivity index (χ0) is 21.8. The van der Waals surface area contributed by atoms with Gasteiger partial charge in [-0.1, -0.05) is 18.2 Å². The Hall–Kier alpha value is -2.97. The molecule has 4 rings (SSSR count). The fraction of sp³-hybridized carbons (Fsp3) is 0.348. The van der Waals surface area contributed by atoms with Gasteiger partial charge < -0.3 is 19.7 Å². The number of aromatic nitrogens is 2. The first-order chi connectivity index (χ1) is 15.0. The average Bonchev–Trinajstić information content (AvgIpc) is 3.09. The predicted octanol–water partition coefficient (Wildman–Crippen LogP) is 4.19. The summed E-state index contributed by atoms with van der Waals surface area (Å²) in [5.41, 5.74) is 3.62. The van der Waals surface area contributed by atoms with E-state index in [0.717, 1.165) is 27.9 Å². The number of morpholine rings is 1. The SMILES string of the molecule is Cc1cc(Nc2nc(C)c(C)s2)cc([C@H]2CN(C(=O)COc3ccccc3)CCO2)n1. The van der Waals surface area contributed by atoms with E-state index in [1.165, 1.54) is 4.88 Å². The quantitative estimate of drug-likeness (QED) is 0.622. The number of thiazole rings is 1. The Balaban J connectivity index is 1.42. The third kappa shape index (κ3) is 5.39. The van der Waals surface area contributed by atoms with Gasteiger partial charge in [-0.15, -0.1) is 11.3 Å². The van der Waals surface area contributed by atoms with Gasteiger partial charge in [0.2, 0.25) is 0 Å². The van der Waals surface area contributed by atoms with E-state index in [2.05, 4.69) is 22.2 Å². The van der Waals surface area contributed by atoms with Crippen molar-refractivity contribution in [2.45, 2.75) is 26.9 Å². The number of pyridine rings is 1. The maximum Gasteiger partial charge on any atom is 0.260 e. The second-order valence-corrected chi connectivity index (χ2v) is 8.71. The molecule has 0 aliphatic carbocycles. The number of nitrogens with zero attached hydrogens (tertiary/aromatic N) is 3. The molecule has 3 heterocycles. The predicted molar refractivity (Wildman–Crippen MR) is 121 cm³/mol. The zero-order valence-corrected chi connectivity index (χ0v) is 18.7. The van der Waals surface area contributed by atoms with Crippen LogP contribution in [0, 0.1) is 20.8 Å². The van der Waals surface area contributed by atoms with Crippen molar-refractivity contribution in [3.05, 3.63) is 64.4 Å². The van der Waals surface area contributed by atoms with Crippen molar-refractivity contribution < 1.29 is 14.3 Å². The minimum Gasteiger partial charge on any atom is -0.484 e. The molecule has 8 heteroatoms. The maximum atomic E-state index is 12.7. The number of carbonyl (C=O) groups excluding carboxylic acids is 1. The molecule has 0 spiro atoms. The van der Waals surface area contributed by atoms with E-state index in [1.54, 1.807) is 16.2 Å². The molecule has 31 heavy (non-hydrogen) atoms. The van der Waals surface area contributed by atoms with E-state index < -0.39 is 0 Å². The molecule has 1 aliphatic rings. The standard InChI is InChI=1S/C23H26N4O3S/c1-15-11-18(26-23-25-16(2)17(3)31-23)12-20(24-15)21-13-27(9-10-29-21)22(28)14-30-19-7-5-4-6-8-19/h4-8,11-12,21H,9-10,13-14H2,1-3H3,(H,24,25,26)/t21-/m1/s1. The van der Waals surface area contributed by atoms with Gasteiger partial charge in [0.25, 0.3) is 5.91 Å². The summed E-state index contributed by atoms with van der Waals surface area (Å²) in [4.78, 5) is 24.8. The van der Waals surface area contributed by atoms with E-state index in [9.17, 15) is 4.79 Å². The van der Waals surface area contributed by atoms with E-state index in [0.29, 0.717) is 25.4 Å². The zero-order valence-electron chi connectivity index (χ0n) is 17.9. The molecule has 1 atom stereocenters. The van der Waals surface area contributed by atoms with Crippen LogP contribution in [0.4, 0.5) is 10.8 Å². The van der Waals surface area contributed by atoms with E-state index in [4.69, 9.17) is 9.47 Å². The van der Waals surface area contributed by atoms with Gasteiger partial charge in [-0.05, 0) is 45.0 Å². The van der Waals surface area contributed by atoms with E-state index in [-0.39, 0.29) is 18.6 Å². The maximum absolute atomic E-state index is 12.7. The van der Waals surface area contributed by atoms with Gasteiger partial charge in [0, 0.05) is 22.8 Å². The Morgan fingerprint density at radius 3 is 2.77 bits per heavy atom. The van der Waals surface area contributed by atoms with Crippen LogP contribution < -0.4 is 10.1 Å². The topological polar surface area (TPSA) is 76.6 Å². The van der Waals surface area contributed by atoms with Gasteiger partial charge in [-0.2, -0.15) is 0 Å². The molecule has 1 aliphatic heterocycles. The molecule has 7 nitrogen and oxygen atoms in total. The first-order valence-corrected chi connectivity index (χ1v) is 11.1. The Kier molecular flexibility index (Phi) is 6.48. The summed E-state index contributed by atoms with van der Waals surface area (Å²) < 4.78 is 11.6. The highest BCUT2D eigenvalue weighted by molar-refractivity contribution is 7.15. The largest absolute Gasteiger partial charge is 0.484 e. The first kappa shape index (κ1) is 21.3. The van der Waals surface area contributed by atoms with Gasteiger partial charge in [0.15, 0.2) is 11.7 Å². The summed E-state index contributed by atoms with van der Waals surface area (Å²) in [5.74, 6) is 0.626. The summed E-state index contributed by atoms with van der Waals surface area (Å²) in [6.07, 6.45) is -0.283. The van der Waals surface area contributed by atoms with Gasteiger partial charge in [0.1, 0.15) is 11.9 Å². The monoisotopic (exact) mass is 438 g/mol. The van der Waals surface area contributed by atoms with Crippen LogP contribution in [0.2, 0.25) is 0 Å². The molecule has 0 saturated carbocycles. The second kappa shape index (κ2) is 9.45. The van der Waals surface area contributed by atoms with Crippen molar-refractivity contribution in [2.75, 3.05) is 31.6 Å². The molecule has 1 N–H and O–H groups in total. The average molecular weight is 439 g/mol. The highest BCUT2D eigenvalue weighted by Crippen LogP contribution is 2.28. The molecule has 0 radical (unpaired) electrons. The summed E-state index contributed by atoms with van der Waals surface area (Å²) in [7, 11) is 0. The Bertz CT molecular complexity index is 1030. The highest BCUT2D eigenvalue weighted by atomic mass is 32.1. The highest BCUT2D eigenvalue weighted by Gasteiger charge is 2.27. The summed E-state index contributed by atoms with van der Waals surface area (Å²) in [6, 6.07) is 13.3. The van der Waals surface area contributed by atoms with Crippen molar-refractivity contribution in [1.29, 1.82) is 0 Å². The number of hydrogen-bond donors (Lipinski definition) is 1. The lowest BCUT2D eigenvalue weighted by Gasteiger charge is -2.32. The minimum atomic E-state index is -0.283. The number of amides is 1. The summed E-state index contributed by atoms with van der Waals surface area (Å²) >= 11 is 1.62. The van der Waals surface area contributed by atoms with Crippen LogP contribution >= 0.6 is 11.3 Å². The van der Waals surface area contributed by atoms with Crippen molar-refractivity contribution in [3.63, 3.8) is 0 Å². The molecule has 0 bridgehead atoms. The number of benzene rings is 1. The molecule has 3 aromatic rings. The molecular weight excluding hydrogens is 412 g/mol. The molecule has 1 amide bonds. The van der Waals surface area contributed by atoms with Crippen LogP contribution in [0.3, 0.4) is 0 Å². The third-order valence-electron chi connectivity index (χ3n) is 5.11. The number of ether oxygens (including phenoxy) is 2. The number of aryl methyl sites for hydroxylation is 3. The van der Waals surface area contributed by atoms with Crippen LogP contribution in [0.5, 0.6) is 5.75 Å². The molecular formula is C23H26N4O3S. The smallest absolute Gasteiger partial charge is 0.260 e. The normalized spacial score (nSPS) is 16.2. The molecule has 1 aromatic carbocycles. The number of rotatable bonds is 6. The second-order valence-electron chi connectivity index (χ2n) is 7.51. The van der Waals surface area contributed by atoms with Gasteiger partial charge in [0.05, 0.1) is 24.5 Å². The number of para-hydroxylation sites is 1. The lowest BCUT2D eigenvalue weighted by atomic mass is 10.1. The molecule has 1 saturated heterocycles. The van der Waals surface area contributed by atoms with Gasteiger partial charge >= 0.3 is 0 Å². The summed E-state index contributed by atoms with van der Waals surface area (Å²) in [6.45, 7) is 7.48. The van der Waals surface area contributed by atoms with E-state index in [1.807, 2.05) is 56.3 Å². The number of carbonyl (C=O) groups is 1. The first-order valence-electron chi connectivity index (χ1n) is 10.2. The van der Waals surface area contributed by atoms with E-state index >= 15 is 0 Å². The lowest BCUT2D eigenvalue weighted by molar-refractivity contribution is -0.141. The number of nitrogens with one attached hydrogen (secondary N) is 1. The Morgan fingerprint density at radius 1 is 1.23 bits per heavy atom. The van der Waals surface area contributed by atoms with Crippen LogP contribution in [-0.4, -0.2) is 47.1 Å². The van der Waals surface area contributed by atoms with Gasteiger partial charge in [-0.25, -0.2) is 4.98 Å². The van der Waals surface area contributed by atoms with Crippen LogP contribution in [-0.2, 0) is 9.53 Å². The lowest BCUT2D eigenvalue weighted by Crippen LogP contribution is -2.44. The fourth-order valence-electron chi connectivity index (χ4n) is 3.39. The third-order valence-corrected chi connectivity index (χ3v) is 6.10. The Morgan fingerprint density at radius 2 is 2.03 bits per heavy atom. The van der Waals surface area contributed by atoms with Crippen LogP contribution in [0.1, 0.15) is 28.1 Å². The molecule has 2 aromatic heterocycles. The molecule has 162 valence electrons. The number of anilines is 2. The molecule has 1 fully saturated rings. The van der Waals surface area contributed by atoms with Crippen molar-refractivity contribution >= 4 is 28.1 Å². The minimum absolute atomic E-state index is 0.00747. The van der Waals surface area contributed by atoms with Crippen LogP contribution in [0.15, 0.2) is 42.5 Å². The molecule has 0 unspecified atom stereocenters. The van der Waals surface area contributed by atoms with Crippen molar-refractivity contribution in [2.24, 2.45) is 0 Å². The van der Waals surface area contributed by atoms with Crippen LogP contribution in [0.25, 0.3) is 0 Å². The number of hydrogen-bond acceptors (Lipinski definition) is 7. The fourth-order valence-corrected chi connectivity index (χ4v) is 4.22. The van der Waals surface area contributed by atoms with Crippen molar-refractivity contribution in [3.8, 4) is 5.75 Å².